The molecule has 1 heterocycles. The van der Waals surface area contributed by atoms with Gasteiger partial charge >= 0.3 is 0 Å². The van der Waals surface area contributed by atoms with Crippen molar-refractivity contribution >= 4 is 11.9 Å². The van der Waals surface area contributed by atoms with Crippen LogP contribution in [-0.4, -0.2) is 62.9 Å². The number of aromatic hydroxyl groups is 1. The van der Waals surface area contributed by atoms with Crippen molar-refractivity contribution in [3.8, 4) is 17.2 Å². The van der Waals surface area contributed by atoms with Crippen LogP contribution in [0.3, 0.4) is 0 Å². The van der Waals surface area contributed by atoms with E-state index in [-0.39, 0.29) is 17.3 Å². The number of methoxy groups -OCH3 is 2. The Hall–Kier alpha value is -2.87. The Kier molecular flexibility index (Phi) is 8.06. The Balaban J connectivity index is 1.90. The van der Waals surface area contributed by atoms with Gasteiger partial charge in [0.25, 0.3) is 0 Å². The van der Waals surface area contributed by atoms with Crippen molar-refractivity contribution in [1.82, 2.24) is 4.90 Å². The van der Waals surface area contributed by atoms with Gasteiger partial charge in [-0.3, -0.25) is 9.69 Å². The normalized spacial score (nSPS) is 14.2. The molecule has 0 aromatic heterocycles. The third kappa shape index (κ3) is 5.44. The van der Waals surface area contributed by atoms with E-state index in [2.05, 4.69) is 4.90 Å². The maximum absolute atomic E-state index is 13.0. The highest BCUT2D eigenvalue weighted by molar-refractivity contribution is 6.15. The van der Waals surface area contributed by atoms with E-state index in [1.165, 1.54) is 6.07 Å². The Morgan fingerprint density at radius 1 is 1.06 bits per heavy atom. The number of allylic oxidation sites excluding steroid dienone is 1. The van der Waals surface area contributed by atoms with Crippen LogP contribution < -0.4 is 9.47 Å². The van der Waals surface area contributed by atoms with Crippen molar-refractivity contribution in [3.63, 3.8) is 0 Å². The molecular weight excluding hydrogens is 398 g/mol. The number of carbonyl (C=O) groups excluding carboxylic acids is 1. The minimum absolute atomic E-state index is 0.0855. The maximum atomic E-state index is 13.0. The summed E-state index contributed by atoms with van der Waals surface area (Å²) in [5, 5.41) is 10.5. The molecule has 0 spiro atoms. The van der Waals surface area contributed by atoms with Crippen LogP contribution in [0.15, 0.2) is 42.2 Å². The molecule has 2 aromatic rings. The van der Waals surface area contributed by atoms with Crippen LogP contribution >= 0.6 is 0 Å². The van der Waals surface area contributed by atoms with Crippen molar-refractivity contribution in [2.45, 2.75) is 13.5 Å². The largest absolute Gasteiger partial charge is 0.507 e. The molecule has 7 heteroatoms. The second-order valence-corrected chi connectivity index (χ2v) is 7.11. The lowest BCUT2D eigenvalue weighted by molar-refractivity contribution is 0.101. The number of ether oxygens (including phenoxy) is 4. The van der Waals surface area contributed by atoms with Gasteiger partial charge in [-0.15, -0.1) is 0 Å². The molecule has 0 bridgehead atoms. The highest BCUT2D eigenvalue weighted by atomic mass is 16.5. The molecular formula is C24H29NO6. The first-order valence-corrected chi connectivity index (χ1v) is 10.3. The Morgan fingerprint density at radius 3 is 2.45 bits per heavy atom. The molecule has 1 aliphatic rings. The van der Waals surface area contributed by atoms with E-state index in [1.807, 2.05) is 31.2 Å². The zero-order valence-corrected chi connectivity index (χ0v) is 18.2. The summed E-state index contributed by atoms with van der Waals surface area (Å²) < 4.78 is 22.0. The molecule has 0 saturated heterocycles. The van der Waals surface area contributed by atoms with Gasteiger partial charge < -0.3 is 24.1 Å². The molecule has 1 aliphatic heterocycles. The number of rotatable bonds is 11. The number of hydrogen-bond acceptors (Lipinski definition) is 7. The molecule has 166 valence electrons. The lowest BCUT2D eigenvalue weighted by atomic mass is 10.0. The van der Waals surface area contributed by atoms with E-state index in [0.29, 0.717) is 62.1 Å². The van der Waals surface area contributed by atoms with Crippen molar-refractivity contribution in [1.29, 1.82) is 0 Å². The quantitative estimate of drug-likeness (QED) is 0.550. The third-order valence-corrected chi connectivity index (χ3v) is 5.03. The van der Waals surface area contributed by atoms with Crippen LogP contribution in [0.4, 0.5) is 0 Å². The van der Waals surface area contributed by atoms with Gasteiger partial charge in [-0.25, -0.2) is 0 Å². The number of fused-ring (bicyclic) bond motifs is 1. The van der Waals surface area contributed by atoms with Crippen molar-refractivity contribution in [2.75, 3.05) is 47.1 Å². The molecule has 2 aromatic carbocycles. The monoisotopic (exact) mass is 427 g/mol. The van der Waals surface area contributed by atoms with Crippen molar-refractivity contribution in [2.24, 2.45) is 0 Å². The number of Topliss-reactive ketones (excluding diaryl/α,β-unsaturated/α-hetero) is 1. The first-order chi connectivity index (χ1) is 15.1. The summed E-state index contributed by atoms with van der Waals surface area (Å²) in [6, 6.07) is 10.6. The SMILES string of the molecule is CCOc1ccccc1/C=C1/Oc2c(ccc(O)c2CN(CCOC)CCOC)C1=O. The molecule has 0 unspecified atom stereocenters. The van der Waals surface area contributed by atoms with Crippen molar-refractivity contribution in [3.05, 3.63) is 58.8 Å². The summed E-state index contributed by atoms with van der Waals surface area (Å²) in [5.74, 6) is 1.14. The summed E-state index contributed by atoms with van der Waals surface area (Å²) >= 11 is 0. The number of phenolic OH excluding ortho intramolecular Hbond substituents is 1. The number of benzene rings is 2. The molecule has 0 amide bonds. The van der Waals surface area contributed by atoms with Crippen LogP contribution in [0.5, 0.6) is 17.2 Å². The highest BCUT2D eigenvalue weighted by Crippen LogP contribution is 2.40. The van der Waals surface area contributed by atoms with Gasteiger partial charge in [-0.2, -0.15) is 0 Å². The molecule has 0 aliphatic carbocycles. The predicted octanol–water partition coefficient (Wildman–Crippen LogP) is 3.50. The summed E-state index contributed by atoms with van der Waals surface area (Å²) in [7, 11) is 3.29. The molecule has 31 heavy (non-hydrogen) atoms. The van der Waals surface area contributed by atoms with E-state index in [0.717, 1.165) is 5.56 Å². The van der Waals surface area contributed by atoms with E-state index < -0.39 is 0 Å². The summed E-state index contributed by atoms with van der Waals surface area (Å²) in [6.45, 7) is 5.22. The number of hydrogen-bond donors (Lipinski definition) is 1. The molecule has 7 nitrogen and oxygen atoms in total. The molecule has 1 N–H and O–H groups in total. The summed E-state index contributed by atoms with van der Waals surface area (Å²) in [6.07, 6.45) is 1.68. The Bertz CT molecular complexity index is 932. The van der Waals surface area contributed by atoms with Gasteiger partial charge in [-0.1, -0.05) is 18.2 Å². The van der Waals surface area contributed by atoms with E-state index in [9.17, 15) is 9.90 Å². The fourth-order valence-corrected chi connectivity index (χ4v) is 3.41. The molecule has 0 fully saturated rings. The smallest absolute Gasteiger partial charge is 0.231 e. The number of nitrogens with zero attached hydrogens (tertiary/aromatic N) is 1. The average Bonchev–Trinajstić information content (AvgIpc) is 3.08. The van der Waals surface area contributed by atoms with Crippen LogP contribution in [-0.2, 0) is 16.0 Å². The van der Waals surface area contributed by atoms with Crippen LogP contribution in [0.1, 0.15) is 28.4 Å². The molecule has 3 rings (SSSR count). The number of para-hydroxylation sites is 1. The first-order valence-electron chi connectivity index (χ1n) is 10.3. The molecule has 0 saturated carbocycles. The van der Waals surface area contributed by atoms with Gasteiger partial charge in [-0.05, 0) is 31.2 Å². The second kappa shape index (κ2) is 10.9. The third-order valence-electron chi connectivity index (χ3n) is 5.03. The number of phenols is 1. The lowest BCUT2D eigenvalue weighted by Gasteiger charge is -2.23. The van der Waals surface area contributed by atoms with Gasteiger partial charge in [0.2, 0.25) is 5.78 Å². The average molecular weight is 427 g/mol. The second-order valence-electron chi connectivity index (χ2n) is 7.11. The Morgan fingerprint density at radius 2 is 1.77 bits per heavy atom. The first kappa shape index (κ1) is 22.8. The fraction of sp³-hybridized carbons (Fsp3) is 0.375. The maximum Gasteiger partial charge on any atom is 0.231 e. The van der Waals surface area contributed by atoms with Crippen LogP contribution in [0, 0.1) is 0 Å². The van der Waals surface area contributed by atoms with Crippen LogP contribution in [0.25, 0.3) is 6.08 Å². The highest BCUT2D eigenvalue weighted by Gasteiger charge is 2.32. The fourth-order valence-electron chi connectivity index (χ4n) is 3.41. The lowest BCUT2D eigenvalue weighted by Crippen LogP contribution is -2.30. The summed E-state index contributed by atoms with van der Waals surface area (Å²) in [5.41, 5.74) is 1.76. The minimum atomic E-state index is -0.220. The van der Waals surface area contributed by atoms with Crippen LogP contribution in [0.2, 0.25) is 0 Å². The summed E-state index contributed by atoms with van der Waals surface area (Å²) in [4.78, 5) is 15.1. The van der Waals surface area contributed by atoms with E-state index >= 15 is 0 Å². The van der Waals surface area contributed by atoms with Gasteiger partial charge in [0.05, 0.1) is 30.9 Å². The Labute approximate surface area is 182 Å². The van der Waals surface area contributed by atoms with Gasteiger partial charge in [0.1, 0.15) is 17.2 Å². The number of ketones is 1. The molecule has 0 atom stereocenters. The van der Waals surface area contributed by atoms with Crippen molar-refractivity contribution < 1.29 is 28.8 Å². The zero-order valence-electron chi connectivity index (χ0n) is 18.2. The topological polar surface area (TPSA) is 77.5 Å². The van der Waals surface area contributed by atoms with Gasteiger partial charge in [0.15, 0.2) is 5.76 Å². The predicted molar refractivity (Wildman–Crippen MR) is 118 cm³/mol. The zero-order chi connectivity index (χ0) is 22.2. The molecule has 0 radical (unpaired) electrons. The van der Waals surface area contributed by atoms with E-state index in [4.69, 9.17) is 18.9 Å². The minimum Gasteiger partial charge on any atom is -0.507 e. The standard InChI is InChI=1S/C24H29NO6/c1-4-30-21-8-6-5-7-17(21)15-22-23(27)18-9-10-20(26)19(24(18)31-22)16-25(11-13-28-2)12-14-29-3/h5-10,15,26H,4,11-14,16H2,1-3H3/b22-15+. The number of carbonyl (C=O) groups is 1. The van der Waals surface area contributed by atoms with E-state index in [1.54, 1.807) is 26.4 Å². The van der Waals surface area contributed by atoms with Gasteiger partial charge in [0, 0.05) is 39.4 Å².